The zero-order valence-electron chi connectivity index (χ0n) is 14.1. The van der Waals surface area contributed by atoms with Crippen molar-refractivity contribution in [1.29, 1.82) is 0 Å². The van der Waals surface area contributed by atoms with E-state index in [9.17, 15) is 14.0 Å². The highest BCUT2D eigenvalue weighted by atomic mass is 19.1. The smallest absolute Gasteiger partial charge is 0.274 e. The van der Waals surface area contributed by atoms with Gasteiger partial charge in [0.15, 0.2) is 5.69 Å². The molecule has 7 nitrogen and oxygen atoms in total. The van der Waals surface area contributed by atoms with Crippen LogP contribution in [0.1, 0.15) is 21.7 Å². The molecular weight excluding hydrogens is 327 g/mol. The van der Waals surface area contributed by atoms with Gasteiger partial charge in [0.05, 0.1) is 19.8 Å². The highest BCUT2D eigenvalue weighted by Gasteiger charge is 2.26. The lowest BCUT2D eigenvalue weighted by atomic mass is 10.1. The van der Waals surface area contributed by atoms with E-state index in [4.69, 9.17) is 4.74 Å². The second-order valence-electron chi connectivity index (χ2n) is 5.92. The normalized spacial score (nSPS) is 13.2. The molecule has 132 valence electrons. The summed E-state index contributed by atoms with van der Waals surface area (Å²) in [4.78, 5) is 26.0. The van der Waals surface area contributed by atoms with Gasteiger partial charge in [-0.1, -0.05) is 0 Å². The van der Waals surface area contributed by atoms with Gasteiger partial charge in [-0.25, -0.2) is 4.39 Å². The lowest BCUT2D eigenvalue weighted by Crippen LogP contribution is -2.35. The van der Waals surface area contributed by atoms with E-state index < -0.39 is 0 Å². The van der Waals surface area contributed by atoms with Crippen LogP contribution in [0.5, 0.6) is 0 Å². The molecule has 0 unspecified atom stereocenters. The Labute approximate surface area is 144 Å². The van der Waals surface area contributed by atoms with E-state index in [0.29, 0.717) is 31.0 Å². The molecule has 1 aliphatic heterocycles. The van der Waals surface area contributed by atoms with Gasteiger partial charge in [-0.05, 0) is 24.3 Å². The number of nitrogens with zero attached hydrogens (tertiary/aromatic N) is 3. The van der Waals surface area contributed by atoms with Gasteiger partial charge in [-0.15, -0.1) is 0 Å². The number of carbonyl (C=O) groups is 2. The molecule has 3 rings (SSSR count). The van der Waals surface area contributed by atoms with Gasteiger partial charge in [0.2, 0.25) is 5.91 Å². The van der Waals surface area contributed by atoms with Crippen LogP contribution in [0.15, 0.2) is 24.3 Å². The quantitative estimate of drug-likeness (QED) is 0.906. The summed E-state index contributed by atoms with van der Waals surface area (Å²) in [6.45, 7) is 0.818. The van der Waals surface area contributed by atoms with Crippen LogP contribution in [0.3, 0.4) is 0 Å². The van der Waals surface area contributed by atoms with Gasteiger partial charge in [0.25, 0.3) is 5.91 Å². The fourth-order valence-electron chi connectivity index (χ4n) is 2.78. The predicted molar refractivity (Wildman–Crippen MR) is 88.6 cm³/mol. The summed E-state index contributed by atoms with van der Waals surface area (Å²) in [6.07, 6.45) is 0.709. The highest BCUT2D eigenvalue weighted by Crippen LogP contribution is 2.21. The maximum atomic E-state index is 12.9. The Hall–Kier alpha value is -2.74. The largest absolute Gasteiger partial charge is 0.376 e. The Morgan fingerprint density at radius 1 is 1.36 bits per heavy atom. The van der Waals surface area contributed by atoms with E-state index in [-0.39, 0.29) is 24.2 Å². The first-order valence-corrected chi connectivity index (χ1v) is 7.89. The van der Waals surface area contributed by atoms with Crippen LogP contribution in [0.25, 0.3) is 0 Å². The molecule has 0 spiro atoms. The van der Waals surface area contributed by atoms with E-state index in [2.05, 4.69) is 10.4 Å². The summed E-state index contributed by atoms with van der Waals surface area (Å²) in [6, 6.07) is 5.43. The lowest BCUT2D eigenvalue weighted by molar-refractivity contribution is -0.116. The van der Waals surface area contributed by atoms with Crippen molar-refractivity contribution in [2.75, 3.05) is 25.5 Å². The van der Waals surface area contributed by atoms with Gasteiger partial charge in [0.1, 0.15) is 5.82 Å². The molecule has 1 aromatic carbocycles. The van der Waals surface area contributed by atoms with Crippen LogP contribution in [-0.2, 0) is 29.6 Å². The molecule has 0 aliphatic carbocycles. The number of hydrogen-bond donors (Lipinski definition) is 1. The molecule has 0 saturated heterocycles. The molecule has 0 radical (unpaired) electrons. The van der Waals surface area contributed by atoms with Crippen LogP contribution in [-0.4, -0.2) is 46.7 Å². The Bertz CT molecular complexity index is 801. The minimum atomic E-state index is -0.382. The number of amides is 2. The molecule has 0 atom stereocenters. The van der Waals surface area contributed by atoms with E-state index >= 15 is 0 Å². The molecule has 0 bridgehead atoms. The first kappa shape index (κ1) is 17.1. The Balaban J connectivity index is 1.66. The fourth-order valence-corrected chi connectivity index (χ4v) is 2.78. The van der Waals surface area contributed by atoms with Crippen molar-refractivity contribution in [3.05, 3.63) is 47.0 Å². The second-order valence-corrected chi connectivity index (χ2v) is 5.92. The minimum absolute atomic E-state index is 0.136. The zero-order chi connectivity index (χ0) is 18.0. The predicted octanol–water partition coefficient (Wildman–Crippen LogP) is 1.34. The van der Waals surface area contributed by atoms with Crippen molar-refractivity contribution in [2.24, 2.45) is 7.05 Å². The van der Waals surface area contributed by atoms with Crippen molar-refractivity contribution in [2.45, 2.75) is 13.0 Å². The molecule has 25 heavy (non-hydrogen) atoms. The number of nitrogens with one attached hydrogen (secondary N) is 1. The Morgan fingerprint density at radius 2 is 2.08 bits per heavy atom. The third-order valence-corrected chi connectivity index (χ3v) is 4.06. The summed E-state index contributed by atoms with van der Waals surface area (Å²) in [5.74, 6) is -1.09. The maximum absolute atomic E-state index is 12.9. The Kier molecular flexibility index (Phi) is 4.80. The zero-order valence-corrected chi connectivity index (χ0v) is 14.1. The number of ether oxygens (including phenoxy) is 1. The summed E-state index contributed by atoms with van der Waals surface area (Å²) in [5, 5.41) is 6.91. The number of benzene rings is 1. The number of halogens is 1. The summed E-state index contributed by atoms with van der Waals surface area (Å²) < 4.78 is 20.0. The van der Waals surface area contributed by atoms with Crippen LogP contribution in [0.2, 0.25) is 0 Å². The fraction of sp³-hybridized carbons (Fsp3) is 0.353. The Morgan fingerprint density at radius 3 is 2.80 bits per heavy atom. The van der Waals surface area contributed by atoms with E-state index in [1.165, 1.54) is 36.2 Å². The van der Waals surface area contributed by atoms with E-state index in [0.717, 1.165) is 11.3 Å². The van der Waals surface area contributed by atoms with Gasteiger partial charge in [-0.2, -0.15) is 5.10 Å². The number of aromatic nitrogens is 2. The minimum Gasteiger partial charge on any atom is -0.376 e. The average molecular weight is 346 g/mol. The molecule has 1 N–H and O–H groups in total. The maximum Gasteiger partial charge on any atom is 0.274 e. The number of likely N-dealkylation sites (N-methyl/N-ethyl adjacent to an activating group) is 1. The van der Waals surface area contributed by atoms with Crippen LogP contribution < -0.4 is 5.32 Å². The topological polar surface area (TPSA) is 76.5 Å². The summed E-state index contributed by atoms with van der Waals surface area (Å²) >= 11 is 0. The molecule has 0 fully saturated rings. The third-order valence-electron chi connectivity index (χ3n) is 4.06. The van der Waals surface area contributed by atoms with Crippen LogP contribution in [0, 0.1) is 5.82 Å². The van der Waals surface area contributed by atoms with Gasteiger partial charge in [-0.3, -0.25) is 14.3 Å². The average Bonchev–Trinajstić information content (AvgIpc) is 2.93. The monoisotopic (exact) mass is 346 g/mol. The highest BCUT2D eigenvalue weighted by molar-refractivity contribution is 5.99. The van der Waals surface area contributed by atoms with Crippen molar-refractivity contribution in [1.82, 2.24) is 14.7 Å². The number of hydrogen-bond acceptors (Lipinski definition) is 4. The SMILES string of the molecule is CN(CC(=O)Nc1ccc(F)cc1)C(=O)c1nn(C)c2c1COCC2. The molecule has 1 aliphatic rings. The first-order chi connectivity index (χ1) is 12.0. The number of anilines is 1. The molecule has 2 amide bonds. The molecule has 0 saturated carbocycles. The van der Waals surface area contributed by atoms with Crippen LogP contribution >= 0.6 is 0 Å². The number of aryl methyl sites for hydroxylation is 1. The number of rotatable bonds is 4. The number of carbonyl (C=O) groups excluding carboxylic acids is 2. The van der Waals surface area contributed by atoms with Gasteiger partial charge < -0.3 is 15.0 Å². The standard InChI is InChI=1S/C17H19FN4O3/c1-21(9-15(23)19-12-5-3-11(18)4-6-12)17(24)16-13-10-25-8-7-14(13)22(2)20-16/h3-6H,7-10H2,1-2H3,(H,19,23). The van der Waals surface area contributed by atoms with Crippen molar-refractivity contribution >= 4 is 17.5 Å². The van der Waals surface area contributed by atoms with Gasteiger partial charge >= 0.3 is 0 Å². The molecule has 2 heterocycles. The number of fused-ring (bicyclic) bond motifs is 1. The molecule has 2 aromatic rings. The molecule has 8 heteroatoms. The molecular formula is C17H19FN4O3. The van der Waals surface area contributed by atoms with Gasteiger partial charge in [0, 0.05) is 37.5 Å². The molecule has 1 aromatic heterocycles. The summed E-state index contributed by atoms with van der Waals surface area (Å²) in [5.41, 5.74) is 2.55. The van der Waals surface area contributed by atoms with E-state index in [1.807, 2.05) is 0 Å². The summed E-state index contributed by atoms with van der Waals surface area (Å²) in [7, 11) is 3.33. The second kappa shape index (κ2) is 7.02. The third kappa shape index (κ3) is 3.69. The van der Waals surface area contributed by atoms with Crippen molar-refractivity contribution in [3.63, 3.8) is 0 Å². The van der Waals surface area contributed by atoms with Crippen molar-refractivity contribution < 1.29 is 18.7 Å². The van der Waals surface area contributed by atoms with Crippen molar-refractivity contribution in [3.8, 4) is 0 Å². The lowest BCUT2D eigenvalue weighted by Gasteiger charge is -2.17. The van der Waals surface area contributed by atoms with E-state index in [1.54, 1.807) is 11.7 Å². The van der Waals surface area contributed by atoms with Crippen LogP contribution in [0.4, 0.5) is 10.1 Å². The first-order valence-electron chi connectivity index (χ1n) is 7.89.